The Morgan fingerprint density at radius 3 is 2.48 bits per heavy atom. The van der Waals surface area contributed by atoms with Gasteiger partial charge in [-0.05, 0) is 18.4 Å². The summed E-state index contributed by atoms with van der Waals surface area (Å²) in [4.78, 5) is 8.70. The molecule has 1 aromatic carbocycles. The van der Waals surface area contributed by atoms with Crippen LogP contribution in [0.5, 0.6) is 0 Å². The fraction of sp³-hybridized carbons (Fsp3) is 0.375. The molecule has 112 valence electrons. The minimum Gasteiger partial charge on any atom is -0.393 e. The van der Waals surface area contributed by atoms with E-state index in [1.54, 1.807) is 0 Å². The third kappa shape index (κ3) is 4.33. The van der Waals surface area contributed by atoms with Gasteiger partial charge in [-0.3, -0.25) is 0 Å². The Bertz CT molecular complexity index is 608. The zero-order valence-electron chi connectivity index (χ0n) is 12.7. The molecule has 0 amide bonds. The summed E-state index contributed by atoms with van der Waals surface area (Å²) in [7, 11) is 0. The van der Waals surface area contributed by atoms with Crippen molar-refractivity contribution in [1.29, 1.82) is 0 Å². The number of hydrogen-bond donors (Lipinski definition) is 2. The number of anilines is 2. The third-order valence-corrected chi connectivity index (χ3v) is 3.40. The number of halogens is 1. The highest BCUT2D eigenvalue weighted by molar-refractivity contribution is 6.32. The molecule has 0 aliphatic rings. The highest BCUT2D eigenvalue weighted by atomic mass is 35.5. The van der Waals surface area contributed by atoms with Gasteiger partial charge in [0.1, 0.15) is 11.5 Å². The van der Waals surface area contributed by atoms with Gasteiger partial charge in [0.05, 0.1) is 0 Å². The van der Waals surface area contributed by atoms with Gasteiger partial charge in [0.2, 0.25) is 0 Å². The van der Waals surface area contributed by atoms with Crippen molar-refractivity contribution >= 4 is 23.1 Å². The van der Waals surface area contributed by atoms with Gasteiger partial charge in [-0.25, -0.2) is 9.97 Å². The number of aromatic nitrogens is 2. The summed E-state index contributed by atoms with van der Waals surface area (Å²) in [5.41, 5.74) is 8.76. The number of aryl methyl sites for hydroxylation is 1. The fourth-order valence-corrected chi connectivity index (χ4v) is 2.16. The molecular formula is C16H21ClN4. The van der Waals surface area contributed by atoms with Crippen LogP contribution in [0.15, 0.2) is 24.3 Å². The molecule has 2 aromatic rings. The van der Waals surface area contributed by atoms with Crippen molar-refractivity contribution in [3.63, 3.8) is 0 Å². The van der Waals surface area contributed by atoms with Crippen LogP contribution in [0.1, 0.15) is 30.8 Å². The normalized spacial score (nSPS) is 10.9. The summed E-state index contributed by atoms with van der Waals surface area (Å²) in [6.45, 7) is 6.95. The van der Waals surface area contributed by atoms with Crippen molar-refractivity contribution in [3.8, 4) is 0 Å². The summed E-state index contributed by atoms with van der Waals surface area (Å²) in [6.07, 6.45) is 0.777. The summed E-state index contributed by atoms with van der Waals surface area (Å²) >= 11 is 6.09. The van der Waals surface area contributed by atoms with Gasteiger partial charge in [-0.15, -0.1) is 0 Å². The topological polar surface area (TPSA) is 63.8 Å². The molecule has 0 unspecified atom stereocenters. The quantitative estimate of drug-likeness (QED) is 0.824. The average Bonchev–Trinajstić information content (AvgIpc) is 2.42. The van der Waals surface area contributed by atoms with E-state index < -0.39 is 0 Å². The molecule has 2 rings (SSSR count). The van der Waals surface area contributed by atoms with E-state index in [9.17, 15) is 0 Å². The van der Waals surface area contributed by atoms with Gasteiger partial charge < -0.3 is 11.1 Å². The maximum absolute atomic E-state index is 6.09. The number of hydrogen-bond acceptors (Lipinski definition) is 4. The Morgan fingerprint density at radius 2 is 1.86 bits per heavy atom. The Labute approximate surface area is 130 Å². The summed E-state index contributed by atoms with van der Waals surface area (Å²) in [5, 5.41) is 3.55. The molecule has 5 heteroatoms. The van der Waals surface area contributed by atoms with Crippen molar-refractivity contribution in [3.05, 3.63) is 46.4 Å². The highest BCUT2D eigenvalue weighted by Gasteiger charge is 2.11. The van der Waals surface area contributed by atoms with Crippen LogP contribution in [0.2, 0.25) is 5.15 Å². The molecule has 4 nitrogen and oxygen atoms in total. The van der Waals surface area contributed by atoms with Crippen LogP contribution in [-0.2, 0) is 13.0 Å². The van der Waals surface area contributed by atoms with Crippen molar-refractivity contribution in [2.24, 2.45) is 5.92 Å². The molecule has 1 aromatic heterocycles. The lowest BCUT2D eigenvalue weighted by atomic mass is 10.1. The van der Waals surface area contributed by atoms with Crippen molar-refractivity contribution in [1.82, 2.24) is 9.97 Å². The summed E-state index contributed by atoms with van der Waals surface area (Å²) < 4.78 is 0. The first-order valence-corrected chi connectivity index (χ1v) is 7.45. The molecule has 0 atom stereocenters. The first-order chi connectivity index (χ1) is 9.95. The Balaban J connectivity index is 2.14. The van der Waals surface area contributed by atoms with Gasteiger partial charge >= 0.3 is 0 Å². The van der Waals surface area contributed by atoms with Gasteiger partial charge in [0, 0.05) is 13.0 Å². The lowest BCUT2D eigenvalue weighted by Crippen LogP contribution is -2.10. The average molecular weight is 305 g/mol. The van der Waals surface area contributed by atoms with Gasteiger partial charge in [-0.1, -0.05) is 55.3 Å². The van der Waals surface area contributed by atoms with E-state index in [4.69, 9.17) is 17.3 Å². The first-order valence-electron chi connectivity index (χ1n) is 7.07. The van der Waals surface area contributed by atoms with E-state index in [-0.39, 0.29) is 0 Å². The fourth-order valence-electron chi connectivity index (χ4n) is 1.97. The molecule has 0 aliphatic carbocycles. The second-order valence-electron chi connectivity index (χ2n) is 5.63. The van der Waals surface area contributed by atoms with Gasteiger partial charge in [-0.2, -0.15) is 0 Å². The van der Waals surface area contributed by atoms with Gasteiger partial charge in [0.15, 0.2) is 11.0 Å². The van der Waals surface area contributed by atoms with Crippen LogP contribution < -0.4 is 11.1 Å². The van der Waals surface area contributed by atoms with E-state index in [0.29, 0.717) is 29.1 Å². The van der Waals surface area contributed by atoms with E-state index in [1.807, 2.05) is 0 Å². The van der Waals surface area contributed by atoms with E-state index >= 15 is 0 Å². The SMILES string of the molecule is Cc1ccc(CNc2nc(CC(C)C)nc(Cl)c2N)cc1. The Morgan fingerprint density at radius 1 is 1.19 bits per heavy atom. The number of benzene rings is 1. The van der Waals surface area contributed by atoms with Crippen LogP contribution in [0.3, 0.4) is 0 Å². The lowest BCUT2D eigenvalue weighted by molar-refractivity contribution is 0.621. The van der Waals surface area contributed by atoms with Crippen LogP contribution in [0.25, 0.3) is 0 Å². The molecule has 0 saturated carbocycles. The molecule has 0 fully saturated rings. The summed E-state index contributed by atoms with van der Waals surface area (Å²) in [5.74, 6) is 1.79. The van der Waals surface area contributed by atoms with Crippen molar-refractivity contribution in [2.75, 3.05) is 11.1 Å². The smallest absolute Gasteiger partial charge is 0.157 e. The lowest BCUT2D eigenvalue weighted by Gasteiger charge is -2.12. The minimum atomic E-state index is 0.312. The van der Waals surface area contributed by atoms with Gasteiger partial charge in [0.25, 0.3) is 0 Å². The number of nitrogen functional groups attached to an aromatic ring is 1. The zero-order valence-corrected chi connectivity index (χ0v) is 13.4. The number of nitrogens with one attached hydrogen (secondary N) is 1. The second-order valence-corrected chi connectivity index (χ2v) is 5.99. The highest BCUT2D eigenvalue weighted by Crippen LogP contribution is 2.25. The van der Waals surface area contributed by atoms with Crippen LogP contribution >= 0.6 is 11.6 Å². The molecule has 0 spiro atoms. The predicted octanol–water partition coefficient (Wildman–Crippen LogP) is 3.83. The van der Waals surface area contributed by atoms with Crippen molar-refractivity contribution < 1.29 is 0 Å². The first kappa shape index (κ1) is 15.6. The number of rotatable bonds is 5. The predicted molar refractivity (Wildman–Crippen MR) is 88.5 cm³/mol. The largest absolute Gasteiger partial charge is 0.393 e. The Hall–Kier alpha value is -1.81. The molecule has 0 aliphatic heterocycles. The third-order valence-electron chi connectivity index (χ3n) is 3.12. The molecule has 0 radical (unpaired) electrons. The monoisotopic (exact) mass is 304 g/mol. The van der Waals surface area contributed by atoms with Crippen molar-refractivity contribution in [2.45, 2.75) is 33.7 Å². The molecule has 0 saturated heterocycles. The molecular weight excluding hydrogens is 284 g/mol. The van der Waals surface area contributed by atoms with Crippen LogP contribution in [0.4, 0.5) is 11.5 Å². The standard InChI is InChI=1S/C16H21ClN4/c1-10(2)8-13-20-15(17)14(18)16(21-13)19-9-12-6-4-11(3)5-7-12/h4-7,10H,8-9,18H2,1-3H3,(H,19,20,21). The molecule has 0 bridgehead atoms. The Kier molecular flexibility index (Phi) is 5.02. The second kappa shape index (κ2) is 6.76. The van der Waals surface area contributed by atoms with E-state index in [1.165, 1.54) is 11.1 Å². The minimum absolute atomic E-state index is 0.312. The maximum Gasteiger partial charge on any atom is 0.157 e. The van der Waals surface area contributed by atoms with E-state index in [2.05, 4.69) is 60.3 Å². The summed E-state index contributed by atoms with van der Waals surface area (Å²) in [6, 6.07) is 8.32. The van der Waals surface area contributed by atoms with Crippen LogP contribution in [0, 0.1) is 12.8 Å². The molecule has 21 heavy (non-hydrogen) atoms. The van der Waals surface area contributed by atoms with E-state index in [0.717, 1.165) is 12.2 Å². The molecule has 3 N–H and O–H groups in total. The zero-order chi connectivity index (χ0) is 15.4. The van der Waals surface area contributed by atoms with Crippen LogP contribution in [-0.4, -0.2) is 9.97 Å². The molecule has 1 heterocycles. The number of nitrogens with two attached hydrogens (primary N) is 1. The maximum atomic E-state index is 6.09. The number of nitrogens with zero attached hydrogens (tertiary/aromatic N) is 2.